The second-order valence-corrected chi connectivity index (χ2v) is 9.54. The summed E-state index contributed by atoms with van der Waals surface area (Å²) >= 11 is 4.11. The quantitative estimate of drug-likeness (QED) is 0.427. The van der Waals surface area contributed by atoms with Crippen LogP contribution in [0.2, 0.25) is 0 Å². The Morgan fingerprint density at radius 2 is 2.00 bits per heavy atom. The highest BCUT2D eigenvalue weighted by Gasteiger charge is 2.35. The van der Waals surface area contributed by atoms with Crippen molar-refractivity contribution in [2.24, 2.45) is 0 Å². The molecule has 0 radical (unpaired) electrons. The molecule has 1 atom stereocenters. The van der Waals surface area contributed by atoms with Crippen molar-refractivity contribution in [3.63, 3.8) is 0 Å². The summed E-state index contributed by atoms with van der Waals surface area (Å²) < 4.78 is 5.92. The lowest BCUT2D eigenvalue weighted by Crippen LogP contribution is -2.31. The first-order chi connectivity index (χ1) is 11.7. The van der Waals surface area contributed by atoms with Crippen LogP contribution in [0.3, 0.4) is 0 Å². The van der Waals surface area contributed by atoms with E-state index in [4.69, 9.17) is 4.74 Å². The SMILES string of the molecule is C=CCCCC1(C[C@@H](O)CCOCc2ccccc2)SCCCS1. The highest BCUT2D eigenvalue weighted by Crippen LogP contribution is 2.49. The summed E-state index contributed by atoms with van der Waals surface area (Å²) in [6, 6.07) is 10.2. The van der Waals surface area contributed by atoms with Crippen molar-refractivity contribution in [2.75, 3.05) is 18.1 Å². The Labute approximate surface area is 155 Å². The molecule has 4 heteroatoms. The number of benzene rings is 1. The van der Waals surface area contributed by atoms with Gasteiger partial charge in [0.05, 0.1) is 16.8 Å². The normalized spacial score (nSPS) is 18.2. The van der Waals surface area contributed by atoms with Crippen molar-refractivity contribution in [2.45, 2.75) is 55.3 Å². The highest BCUT2D eigenvalue weighted by atomic mass is 32.2. The summed E-state index contributed by atoms with van der Waals surface area (Å²) in [4.78, 5) is 0. The molecule has 1 aliphatic rings. The molecule has 1 fully saturated rings. The van der Waals surface area contributed by atoms with Crippen molar-refractivity contribution in [3.05, 3.63) is 48.6 Å². The fourth-order valence-corrected chi connectivity index (χ4v) is 6.48. The van der Waals surface area contributed by atoms with E-state index < -0.39 is 0 Å². The molecule has 1 saturated heterocycles. The lowest BCUT2D eigenvalue weighted by molar-refractivity contribution is 0.0685. The minimum Gasteiger partial charge on any atom is -0.393 e. The molecule has 2 rings (SSSR count). The van der Waals surface area contributed by atoms with Gasteiger partial charge in [0.1, 0.15) is 0 Å². The van der Waals surface area contributed by atoms with Crippen LogP contribution in [0.5, 0.6) is 0 Å². The van der Waals surface area contributed by atoms with Gasteiger partial charge in [-0.05, 0) is 55.6 Å². The molecule has 0 unspecified atom stereocenters. The maximum Gasteiger partial charge on any atom is 0.0716 e. The van der Waals surface area contributed by atoms with Gasteiger partial charge in [-0.25, -0.2) is 0 Å². The first-order valence-electron chi connectivity index (χ1n) is 8.93. The van der Waals surface area contributed by atoms with Crippen molar-refractivity contribution in [1.82, 2.24) is 0 Å². The van der Waals surface area contributed by atoms with Crippen LogP contribution in [-0.2, 0) is 11.3 Å². The highest BCUT2D eigenvalue weighted by molar-refractivity contribution is 8.18. The molecule has 1 heterocycles. The zero-order valence-electron chi connectivity index (χ0n) is 14.5. The molecule has 0 amide bonds. The Bertz CT molecular complexity index is 458. The van der Waals surface area contributed by atoms with Crippen LogP contribution in [-0.4, -0.2) is 33.4 Å². The van der Waals surface area contributed by atoms with E-state index >= 15 is 0 Å². The van der Waals surface area contributed by atoms with E-state index in [9.17, 15) is 5.11 Å². The van der Waals surface area contributed by atoms with Gasteiger partial charge in [0, 0.05) is 6.61 Å². The van der Waals surface area contributed by atoms with Crippen LogP contribution >= 0.6 is 23.5 Å². The maximum atomic E-state index is 10.5. The van der Waals surface area contributed by atoms with Gasteiger partial charge in [0.2, 0.25) is 0 Å². The molecule has 134 valence electrons. The van der Waals surface area contributed by atoms with Gasteiger partial charge < -0.3 is 9.84 Å². The molecule has 0 aromatic heterocycles. The molecule has 24 heavy (non-hydrogen) atoms. The van der Waals surface area contributed by atoms with Crippen molar-refractivity contribution < 1.29 is 9.84 Å². The van der Waals surface area contributed by atoms with Crippen LogP contribution in [0.4, 0.5) is 0 Å². The zero-order chi connectivity index (χ0) is 17.1. The van der Waals surface area contributed by atoms with E-state index in [1.807, 2.05) is 24.3 Å². The second kappa shape index (κ2) is 11.2. The lowest BCUT2D eigenvalue weighted by Gasteiger charge is -2.37. The summed E-state index contributed by atoms with van der Waals surface area (Å²) in [6.45, 7) is 5.07. The number of hydrogen-bond donors (Lipinski definition) is 1. The molecular formula is C20H30O2S2. The third kappa shape index (κ3) is 7.22. The van der Waals surface area contributed by atoms with Crippen molar-refractivity contribution in [3.8, 4) is 0 Å². The summed E-state index contributed by atoms with van der Waals surface area (Å²) in [5, 5.41) is 10.5. The molecular weight excluding hydrogens is 336 g/mol. The monoisotopic (exact) mass is 366 g/mol. The Morgan fingerprint density at radius 3 is 2.71 bits per heavy atom. The third-order valence-electron chi connectivity index (χ3n) is 4.24. The number of hydrogen-bond acceptors (Lipinski definition) is 4. The van der Waals surface area contributed by atoms with E-state index in [1.165, 1.54) is 29.9 Å². The van der Waals surface area contributed by atoms with E-state index in [2.05, 4.69) is 42.2 Å². The molecule has 2 nitrogen and oxygen atoms in total. The van der Waals surface area contributed by atoms with Gasteiger partial charge in [0.15, 0.2) is 0 Å². The third-order valence-corrected chi connectivity index (χ3v) is 7.72. The number of ether oxygens (including phenoxy) is 1. The van der Waals surface area contributed by atoms with Crippen LogP contribution in [0.15, 0.2) is 43.0 Å². The standard InChI is InChI=1S/C20H30O2S2/c1-2-3-7-12-20(23-14-8-15-24-20)16-19(21)11-13-22-17-18-9-5-4-6-10-18/h2,4-6,9-10,19,21H,1,3,7-8,11-17H2/t19-/m0/s1. The molecule has 1 aromatic rings. The number of allylic oxidation sites excluding steroid dienone is 1. The number of thioether (sulfide) groups is 2. The lowest BCUT2D eigenvalue weighted by atomic mass is 10.1. The minimum atomic E-state index is -0.275. The fourth-order valence-electron chi connectivity index (χ4n) is 2.94. The topological polar surface area (TPSA) is 29.5 Å². The van der Waals surface area contributed by atoms with Gasteiger partial charge in [-0.3, -0.25) is 0 Å². The Hall–Kier alpha value is -0.420. The summed E-state index contributed by atoms with van der Waals surface area (Å²) in [5.74, 6) is 2.44. The largest absolute Gasteiger partial charge is 0.393 e. The maximum absolute atomic E-state index is 10.5. The average molecular weight is 367 g/mol. The van der Waals surface area contributed by atoms with Gasteiger partial charge in [-0.1, -0.05) is 36.4 Å². The Morgan fingerprint density at radius 1 is 1.25 bits per heavy atom. The van der Waals surface area contributed by atoms with E-state index in [0.717, 1.165) is 25.7 Å². The number of unbranched alkanes of at least 4 members (excludes halogenated alkanes) is 1. The van der Waals surface area contributed by atoms with Crippen LogP contribution in [0.1, 0.15) is 44.1 Å². The molecule has 1 aromatic carbocycles. The smallest absolute Gasteiger partial charge is 0.0716 e. The number of aliphatic hydroxyl groups excluding tert-OH is 1. The van der Waals surface area contributed by atoms with Gasteiger partial charge in [0.25, 0.3) is 0 Å². The molecule has 0 bridgehead atoms. The summed E-state index contributed by atoms with van der Waals surface area (Å²) in [6.07, 6.45) is 8.00. The van der Waals surface area contributed by atoms with Crippen LogP contribution in [0.25, 0.3) is 0 Å². The molecule has 0 aliphatic carbocycles. The number of rotatable bonds is 11. The first-order valence-corrected chi connectivity index (χ1v) is 10.9. The summed E-state index contributed by atoms with van der Waals surface area (Å²) in [5.41, 5.74) is 1.19. The second-order valence-electron chi connectivity index (χ2n) is 6.33. The van der Waals surface area contributed by atoms with Crippen LogP contribution < -0.4 is 0 Å². The Balaban J connectivity index is 1.71. The minimum absolute atomic E-state index is 0.195. The van der Waals surface area contributed by atoms with Gasteiger partial charge in [-0.15, -0.1) is 30.1 Å². The Kier molecular flexibility index (Phi) is 9.32. The zero-order valence-corrected chi connectivity index (χ0v) is 16.1. The molecule has 1 N–H and O–H groups in total. The van der Waals surface area contributed by atoms with E-state index in [0.29, 0.717) is 13.2 Å². The van der Waals surface area contributed by atoms with Crippen LogP contribution in [0, 0.1) is 0 Å². The average Bonchev–Trinajstić information content (AvgIpc) is 2.61. The predicted molar refractivity (Wildman–Crippen MR) is 108 cm³/mol. The van der Waals surface area contributed by atoms with Gasteiger partial charge in [-0.2, -0.15) is 0 Å². The fraction of sp³-hybridized carbons (Fsp3) is 0.600. The van der Waals surface area contributed by atoms with Crippen molar-refractivity contribution >= 4 is 23.5 Å². The van der Waals surface area contributed by atoms with Crippen molar-refractivity contribution in [1.29, 1.82) is 0 Å². The number of aliphatic hydroxyl groups is 1. The van der Waals surface area contributed by atoms with E-state index in [-0.39, 0.29) is 10.2 Å². The summed E-state index contributed by atoms with van der Waals surface area (Å²) in [7, 11) is 0. The molecule has 0 saturated carbocycles. The van der Waals surface area contributed by atoms with Gasteiger partial charge >= 0.3 is 0 Å². The molecule has 1 aliphatic heterocycles. The first kappa shape index (κ1) is 19.9. The molecule has 0 spiro atoms. The van der Waals surface area contributed by atoms with E-state index in [1.54, 1.807) is 0 Å². The predicted octanol–water partition coefficient (Wildman–Crippen LogP) is 5.27.